The van der Waals surface area contributed by atoms with Gasteiger partial charge in [-0.15, -0.1) is 0 Å². The molecule has 4 heteroatoms. The molecule has 2 aromatic carbocycles. The Hall–Kier alpha value is -2.62. The second-order valence-corrected chi connectivity index (χ2v) is 9.00. The Morgan fingerprint density at radius 3 is 2.25 bits per heavy atom. The van der Waals surface area contributed by atoms with Gasteiger partial charge in [-0.3, -0.25) is 14.5 Å². The molecule has 0 bridgehead atoms. The molecule has 148 valence electrons. The third kappa shape index (κ3) is 3.82. The molecule has 3 rings (SSSR count). The molecule has 1 N–H and O–H groups in total. The molecule has 1 heterocycles. The largest absolute Gasteiger partial charge is 0.350 e. The lowest BCUT2D eigenvalue weighted by molar-refractivity contribution is -0.128. The Bertz CT molecular complexity index is 881. The minimum atomic E-state index is -0.540. The highest BCUT2D eigenvalue weighted by molar-refractivity contribution is 6.09. The predicted molar refractivity (Wildman–Crippen MR) is 114 cm³/mol. The summed E-state index contributed by atoms with van der Waals surface area (Å²) in [5.41, 5.74) is 3.62. The van der Waals surface area contributed by atoms with Crippen molar-refractivity contribution >= 4 is 17.5 Å². The maximum atomic E-state index is 13.2. The summed E-state index contributed by atoms with van der Waals surface area (Å²) in [5.74, 6) is -0.377. The van der Waals surface area contributed by atoms with Gasteiger partial charge < -0.3 is 5.32 Å². The van der Waals surface area contributed by atoms with Crippen LogP contribution in [0.15, 0.2) is 48.5 Å². The van der Waals surface area contributed by atoms with E-state index in [-0.39, 0.29) is 29.2 Å². The number of amides is 2. The van der Waals surface area contributed by atoms with Gasteiger partial charge in [0, 0.05) is 11.2 Å². The van der Waals surface area contributed by atoms with Gasteiger partial charge in [0.2, 0.25) is 11.8 Å². The van der Waals surface area contributed by atoms with Crippen molar-refractivity contribution in [2.45, 2.75) is 59.0 Å². The quantitative estimate of drug-likeness (QED) is 0.835. The Balaban J connectivity index is 2.07. The fourth-order valence-corrected chi connectivity index (χ4v) is 3.84. The van der Waals surface area contributed by atoms with Crippen LogP contribution in [0, 0.1) is 5.92 Å². The van der Waals surface area contributed by atoms with Crippen LogP contribution in [0.3, 0.4) is 0 Å². The van der Waals surface area contributed by atoms with Gasteiger partial charge in [0.1, 0.15) is 6.04 Å². The zero-order valence-corrected chi connectivity index (χ0v) is 17.6. The van der Waals surface area contributed by atoms with Gasteiger partial charge in [-0.25, -0.2) is 0 Å². The molecule has 0 fully saturated rings. The van der Waals surface area contributed by atoms with Crippen molar-refractivity contribution < 1.29 is 9.59 Å². The zero-order valence-electron chi connectivity index (χ0n) is 17.6. The van der Waals surface area contributed by atoms with Crippen molar-refractivity contribution in [1.29, 1.82) is 0 Å². The Kier molecular flexibility index (Phi) is 5.33. The second-order valence-electron chi connectivity index (χ2n) is 9.00. The first-order chi connectivity index (χ1) is 13.1. The molecule has 1 aliphatic heterocycles. The van der Waals surface area contributed by atoms with Crippen molar-refractivity contribution in [3.05, 3.63) is 54.1 Å². The normalized spacial score (nSPS) is 17.6. The third-order valence-electron chi connectivity index (χ3n) is 5.15. The van der Waals surface area contributed by atoms with Crippen LogP contribution >= 0.6 is 0 Å². The number of fused-ring (bicyclic) bond motifs is 1. The third-order valence-corrected chi connectivity index (χ3v) is 5.15. The lowest BCUT2D eigenvalue weighted by Crippen LogP contribution is -2.55. The van der Waals surface area contributed by atoms with Crippen molar-refractivity contribution in [3.8, 4) is 11.1 Å². The maximum absolute atomic E-state index is 13.2. The van der Waals surface area contributed by atoms with E-state index in [0.29, 0.717) is 0 Å². The molecule has 0 saturated heterocycles. The maximum Gasteiger partial charge on any atom is 0.243 e. The number of nitrogens with one attached hydrogen (secondary N) is 1. The summed E-state index contributed by atoms with van der Waals surface area (Å²) >= 11 is 0. The second kappa shape index (κ2) is 7.42. The molecule has 2 amide bonds. The molecule has 1 aliphatic rings. The highest BCUT2D eigenvalue weighted by Gasteiger charge is 2.43. The van der Waals surface area contributed by atoms with Crippen LogP contribution in [0.4, 0.5) is 5.69 Å². The molecule has 2 aromatic rings. The standard InChI is InChI=1S/C24H30N2O2/c1-15(2)21(22(27)25-24(4,5)6)26-20-14-18(17-10-8-7-9-11-17)12-13-19(20)16(3)23(26)28/h7-16,21H,1-6H3,(H,25,27). The fourth-order valence-electron chi connectivity index (χ4n) is 3.84. The first-order valence-corrected chi connectivity index (χ1v) is 9.94. The van der Waals surface area contributed by atoms with E-state index in [1.165, 1.54) is 0 Å². The molecule has 2 unspecified atom stereocenters. The molecule has 0 spiro atoms. The van der Waals surface area contributed by atoms with E-state index in [9.17, 15) is 9.59 Å². The molecule has 0 aromatic heterocycles. The van der Waals surface area contributed by atoms with E-state index < -0.39 is 6.04 Å². The Morgan fingerprint density at radius 2 is 1.68 bits per heavy atom. The van der Waals surface area contributed by atoms with Crippen LogP contribution in [0.25, 0.3) is 11.1 Å². The summed E-state index contributed by atoms with van der Waals surface area (Å²) in [5, 5.41) is 3.06. The van der Waals surface area contributed by atoms with Gasteiger partial charge in [0.15, 0.2) is 0 Å². The summed E-state index contributed by atoms with van der Waals surface area (Å²) in [6, 6.07) is 15.7. The van der Waals surface area contributed by atoms with Gasteiger partial charge in [-0.2, -0.15) is 0 Å². The van der Waals surface area contributed by atoms with Crippen LogP contribution in [0.1, 0.15) is 53.0 Å². The van der Waals surface area contributed by atoms with Crippen molar-refractivity contribution in [2.75, 3.05) is 4.90 Å². The van der Waals surface area contributed by atoms with Gasteiger partial charge >= 0.3 is 0 Å². The first kappa shape index (κ1) is 20.1. The van der Waals surface area contributed by atoms with Crippen LogP contribution in [-0.4, -0.2) is 23.4 Å². The molecule has 4 nitrogen and oxygen atoms in total. The van der Waals surface area contributed by atoms with E-state index in [4.69, 9.17) is 0 Å². The van der Waals surface area contributed by atoms with Gasteiger partial charge in [0.25, 0.3) is 0 Å². The summed E-state index contributed by atoms with van der Waals surface area (Å²) in [7, 11) is 0. The van der Waals surface area contributed by atoms with E-state index in [0.717, 1.165) is 22.4 Å². The van der Waals surface area contributed by atoms with Gasteiger partial charge in [0.05, 0.1) is 5.92 Å². The summed E-state index contributed by atoms with van der Waals surface area (Å²) in [6.07, 6.45) is 0. The number of carbonyl (C=O) groups excluding carboxylic acids is 2. The van der Waals surface area contributed by atoms with Crippen LogP contribution in [0.5, 0.6) is 0 Å². The zero-order chi connectivity index (χ0) is 20.6. The van der Waals surface area contributed by atoms with E-state index in [1.54, 1.807) is 4.90 Å². The first-order valence-electron chi connectivity index (χ1n) is 9.94. The van der Waals surface area contributed by atoms with E-state index in [2.05, 4.69) is 23.5 Å². The number of rotatable bonds is 4. The SMILES string of the molecule is CC1C(=O)N(C(C(=O)NC(C)(C)C)C(C)C)c2cc(-c3ccccc3)ccc21. The fraction of sp³-hybridized carbons (Fsp3) is 0.417. The Morgan fingerprint density at radius 1 is 1.04 bits per heavy atom. The van der Waals surface area contributed by atoms with Gasteiger partial charge in [-0.05, 0) is 56.4 Å². The number of hydrogen-bond acceptors (Lipinski definition) is 2. The average molecular weight is 379 g/mol. The van der Waals surface area contributed by atoms with Gasteiger partial charge in [-0.1, -0.05) is 56.3 Å². The highest BCUT2D eigenvalue weighted by Crippen LogP contribution is 2.41. The lowest BCUT2D eigenvalue weighted by atomic mass is 9.97. The summed E-state index contributed by atoms with van der Waals surface area (Å²) < 4.78 is 0. The monoisotopic (exact) mass is 378 g/mol. The average Bonchev–Trinajstić information content (AvgIpc) is 2.86. The lowest BCUT2D eigenvalue weighted by Gasteiger charge is -2.33. The molecule has 0 saturated carbocycles. The van der Waals surface area contributed by atoms with E-state index in [1.807, 2.05) is 71.9 Å². The summed E-state index contributed by atoms with van der Waals surface area (Å²) in [4.78, 5) is 28.0. The predicted octanol–water partition coefficient (Wildman–Crippen LogP) is 4.74. The summed E-state index contributed by atoms with van der Waals surface area (Å²) in [6.45, 7) is 11.8. The van der Waals surface area contributed by atoms with E-state index >= 15 is 0 Å². The van der Waals surface area contributed by atoms with Crippen LogP contribution < -0.4 is 10.2 Å². The molecule has 2 atom stereocenters. The molecular weight excluding hydrogens is 348 g/mol. The van der Waals surface area contributed by atoms with Crippen molar-refractivity contribution in [3.63, 3.8) is 0 Å². The van der Waals surface area contributed by atoms with Crippen LogP contribution in [0.2, 0.25) is 0 Å². The number of nitrogens with zero attached hydrogens (tertiary/aromatic N) is 1. The van der Waals surface area contributed by atoms with Crippen molar-refractivity contribution in [1.82, 2.24) is 5.32 Å². The number of benzene rings is 2. The minimum Gasteiger partial charge on any atom is -0.350 e. The molecular formula is C24H30N2O2. The number of carbonyl (C=O) groups is 2. The topological polar surface area (TPSA) is 49.4 Å². The Labute approximate surface area is 167 Å². The number of hydrogen-bond donors (Lipinski definition) is 1. The van der Waals surface area contributed by atoms with Crippen LogP contribution in [-0.2, 0) is 9.59 Å². The van der Waals surface area contributed by atoms with Crippen molar-refractivity contribution in [2.24, 2.45) is 5.92 Å². The molecule has 28 heavy (non-hydrogen) atoms. The smallest absolute Gasteiger partial charge is 0.243 e. The number of anilines is 1. The highest BCUT2D eigenvalue weighted by atomic mass is 16.2. The molecule has 0 aliphatic carbocycles. The molecule has 0 radical (unpaired) electrons. The minimum absolute atomic E-state index is 0.00942.